The van der Waals surface area contributed by atoms with Gasteiger partial charge in [0.2, 0.25) is 4.96 Å². The number of fused-ring (bicyclic) bond motifs is 1. The highest BCUT2D eigenvalue weighted by Crippen LogP contribution is 2.28. The molecule has 142 valence electrons. The molecule has 0 aromatic carbocycles. The van der Waals surface area contributed by atoms with Gasteiger partial charge in [0.15, 0.2) is 0 Å². The van der Waals surface area contributed by atoms with Gasteiger partial charge in [-0.15, -0.1) is 12.4 Å². The van der Waals surface area contributed by atoms with Crippen LogP contribution in [0.3, 0.4) is 0 Å². The van der Waals surface area contributed by atoms with E-state index in [1.807, 2.05) is 23.8 Å². The van der Waals surface area contributed by atoms with Crippen molar-refractivity contribution in [3.8, 4) is 0 Å². The van der Waals surface area contributed by atoms with Crippen LogP contribution >= 0.6 is 23.7 Å². The summed E-state index contributed by atoms with van der Waals surface area (Å²) in [4.78, 5) is 13.0. The molecule has 7 nitrogen and oxygen atoms in total. The first-order valence-corrected chi connectivity index (χ1v) is 9.63. The van der Waals surface area contributed by atoms with Crippen LogP contribution in [-0.4, -0.2) is 48.7 Å². The van der Waals surface area contributed by atoms with Crippen molar-refractivity contribution >= 4 is 28.7 Å². The number of imidazole rings is 2. The molecule has 1 saturated heterocycles. The van der Waals surface area contributed by atoms with Gasteiger partial charge in [-0.1, -0.05) is 25.2 Å². The van der Waals surface area contributed by atoms with Gasteiger partial charge in [0, 0.05) is 45.6 Å². The first-order valence-electron chi connectivity index (χ1n) is 8.81. The van der Waals surface area contributed by atoms with E-state index >= 15 is 0 Å². The molecule has 0 bridgehead atoms. The summed E-state index contributed by atoms with van der Waals surface area (Å²) < 4.78 is 4.17. The van der Waals surface area contributed by atoms with Crippen molar-refractivity contribution in [1.82, 2.24) is 34.4 Å². The minimum absolute atomic E-state index is 0. The topological polar surface area (TPSA) is 63.3 Å². The fourth-order valence-corrected chi connectivity index (χ4v) is 4.36. The largest absolute Gasteiger partial charge is 0.337 e. The number of nitrogens with zero attached hydrogens (tertiary/aromatic N) is 6. The third-order valence-corrected chi connectivity index (χ3v) is 5.66. The van der Waals surface area contributed by atoms with E-state index in [0.717, 1.165) is 47.7 Å². The molecule has 1 atom stereocenters. The number of halogens is 1. The fraction of sp³-hybridized carbons (Fsp3) is 0.588. The highest BCUT2D eigenvalue weighted by atomic mass is 35.5. The van der Waals surface area contributed by atoms with E-state index in [0.29, 0.717) is 5.92 Å². The zero-order valence-electron chi connectivity index (χ0n) is 15.6. The maximum atomic E-state index is 4.86. The number of piperazine rings is 1. The number of aryl methyl sites for hydroxylation is 2. The molecule has 1 unspecified atom stereocenters. The van der Waals surface area contributed by atoms with Gasteiger partial charge in [-0.2, -0.15) is 5.10 Å². The number of nitrogens with one attached hydrogen (secondary N) is 1. The number of aromatic nitrogens is 5. The Labute approximate surface area is 163 Å². The second-order valence-corrected chi connectivity index (χ2v) is 8.16. The number of hydrogen-bond donors (Lipinski definition) is 1. The molecule has 3 aromatic rings. The van der Waals surface area contributed by atoms with Gasteiger partial charge in [-0.3, -0.25) is 4.90 Å². The molecular formula is C17H26ClN7S. The Kier molecular flexibility index (Phi) is 5.67. The third kappa shape index (κ3) is 3.38. The Morgan fingerprint density at radius 3 is 2.88 bits per heavy atom. The molecule has 1 aliphatic heterocycles. The quantitative estimate of drug-likeness (QED) is 0.735. The smallest absolute Gasteiger partial charge is 0.212 e. The van der Waals surface area contributed by atoms with Crippen LogP contribution in [0.15, 0.2) is 12.4 Å². The summed E-state index contributed by atoms with van der Waals surface area (Å²) in [6.45, 7) is 10.2. The van der Waals surface area contributed by atoms with Crippen LogP contribution in [0, 0.1) is 6.92 Å². The van der Waals surface area contributed by atoms with Crippen LogP contribution in [0.4, 0.5) is 0 Å². The molecular weight excluding hydrogens is 370 g/mol. The van der Waals surface area contributed by atoms with Gasteiger partial charge < -0.3 is 9.88 Å². The van der Waals surface area contributed by atoms with E-state index in [-0.39, 0.29) is 18.4 Å². The standard InChI is InChI=1S/C17H25N7S.ClH/c1-11(2)15-14(24-17(20-15)25-12(3)21-24)10-23-8-5-18-9-13(23)16-19-6-7-22(16)4;/h6-7,11,13,18H,5,8-10H2,1-4H3;1H. The summed E-state index contributed by atoms with van der Waals surface area (Å²) in [7, 11) is 2.06. The minimum Gasteiger partial charge on any atom is -0.337 e. The summed E-state index contributed by atoms with van der Waals surface area (Å²) in [5, 5.41) is 9.26. The fourth-order valence-electron chi connectivity index (χ4n) is 3.59. The van der Waals surface area contributed by atoms with Gasteiger partial charge in [-0.05, 0) is 12.8 Å². The lowest BCUT2D eigenvalue weighted by Crippen LogP contribution is -2.46. The first-order chi connectivity index (χ1) is 12.0. The predicted molar refractivity (Wildman–Crippen MR) is 106 cm³/mol. The van der Waals surface area contributed by atoms with Gasteiger partial charge in [0.1, 0.15) is 10.8 Å². The van der Waals surface area contributed by atoms with Crippen molar-refractivity contribution in [2.45, 2.75) is 39.3 Å². The third-order valence-electron chi connectivity index (χ3n) is 4.84. The normalized spacial score (nSPS) is 18.6. The van der Waals surface area contributed by atoms with Crippen molar-refractivity contribution in [2.24, 2.45) is 7.05 Å². The van der Waals surface area contributed by atoms with Crippen LogP contribution in [0.2, 0.25) is 0 Å². The molecule has 26 heavy (non-hydrogen) atoms. The molecule has 1 fully saturated rings. The van der Waals surface area contributed by atoms with Gasteiger partial charge in [0.25, 0.3) is 0 Å². The summed E-state index contributed by atoms with van der Waals surface area (Å²) in [6.07, 6.45) is 3.89. The van der Waals surface area contributed by atoms with E-state index < -0.39 is 0 Å². The summed E-state index contributed by atoms with van der Waals surface area (Å²) in [6, 6.07) is 0.263. The van der Waals surface area contributed by atoms with E-state index in [1.165, 1.54) is 5.69 Å². The molecule has 3 aromatic heterocycles. The molecule has 0 amide bonds. The van der Waals surface area contributed by atoms with Crippen molar-refractivity contribution < 1.29 is 0 Å². The minimum atomic E-state index is 0. The number of rotatable bonds is 4. The maximum Gasteiger partial charge on any atom is 0.212 e. The Balaban J connectivity index is 0.00000196. The lowest BCUT2D eigenvalue weighted by Gasteiger charge is -2.35. The summed E-state index contributed by atoms with van der Waals surface area (Å²) in [5.41, 5.74) is 2.38. The van der Waals surface area contributed by atoms with Crippen LogP contribution in [0.5, 0.6) is 0 Å². The molecule has 4 rings (SSSR count). The lowest BCUT2D eigenvalue weighted by molar-refractivity contribution is 0.141. The zero-order valence-corrected chi connectivity index (χ0v) is 17.3. The first kappa shape index (κ1) is 19.3. The van der Waals surface area contributed by atoms with Crippen LogP contribution in [0.1, 0.15) is 48.0 Å². The number of hydrogen-bond acceptors (Lipinski definition) is 6. The van der Waals surface area contributed by atoms with Crippen LogP contribution < -0.4 is 5.32 Å². The van der Waals surface area contributed by atoms with Crippen LogP contribution in [0.25, 0.3) is 4.96 Å². The van der Waals surface area contributed by atoms with E-state index in [2.05, 4.69) is 40.7 Å². The molecule has 0 saturated carbocycles. The predicted octanol–water partition coefficient (Wildman–Crippen LogP) is 2.52. The van der Waals surface area contributed by atoms with Crippen molar-refractivity contribution in [3.05, 3.63) is 34.6 Å². The molecule has 0 aliphatic carbocycles. The Morgan fingerprint density at radius 1 is 1.38 bits per heavy atom. The molecule has 4 heterocycles. The van der Waals surface area contributed by atoms with Gasteiger partial charge >= 0.3 is 0 Å². The van der Waals surface area contributed by atoms with E-state index in [4.69, 9.17) is 10.1 Å². The molecule has 1 N–H and O–H groups in total. The monoisotopic (exact) mass is 395 g/mol. The lowest BCUT2D eigenvalue weighted by atomic mass is 10.1. The SMILES string of the molecule is Cc1nn2c(CN3CCNCC3c3nccn3C)c(C(C)C)nc2s1.Cl. The van der Waals surface area contributed by atoms with Crippen molar-refractivity contribution in [1.29, 1.82) is 0 Å². The highest BCUT2D eigenvalue weighted by molar-refractivity contribution is 7.16. The molecule has 9 heteroatoms. The molecule has 0 spiro atoms. The average molecular weight is 396 g/mol. The molecule has 1 aliphatic rings. The van der Waals surface area contributed by atoms with Crippen molar-refractivity contribution in [2.75, 3.05) is 19.6 Å². The zero-order chi connectivity index (χ0) is 17.6. The van der Waals surface area contributed by atoms with E-state index in [1.54, 1.807) is 11.3 Å². The average Bonchev–Trinajstić information content (AvgIpc) is 3.24. The Morgan fingerprint density at radius 2 is 2.19 bits per heavy atom. The van der Waals surface area contributed by atoms with E-state index in [9.17, 15) is 0 Å². The van der Waals surface area contributed by atoms with Crippen LogP contribution in [-0.2, 0) is 13.6 Å². The summed E-state index contributed by atoms with van der Waals surface area (Å²) >= 11 is 1.66. The Hall–Kier alpha value is -1.48. The van der Waals surface area contributed by atoms with Gasteiger partial charge in [0.05, 0.1) is 17.4 Å². The maximum absolute atomic E-state index is 4.86. The Bertz CT molecular complexity index is 881. The second kappa shape index (κ2) is 7.64. The summed E-state index contributed by atoms with van der Waals surface area (Å²) in [5.74, 6) is 1.49. The highest BCUT2D eigenvalue weighted by Gasteiger charge is 2.29. The second-order valence-electron chi connectivity index (χ2n) is 7.00. The van der Waals surface area contributed by atoms with Gasteiger partial charge in [-0.25, -0.2) is 14.5 Å². The van der Waals surface area contributed by atoms with Crippen molar-refractivity contribution in [3.63, 3.8) is 0 Å². The molecule has 0 radical (unpaired) electrons.